The number of esters is 1. The molecule has 3 rings (SSSR count). The third-order valence-corrected chi connectivity index (χ3v) is 5.97. The molecule has 6 nitrogen and oxygen atoms in total. The summed E-state index contributed by atoms with van der Waals surface area (Å²) in [5.74, 6) is -1.64. The zero-order chi connectivity index (χ0) is 20.3. The average molecular weight is 525 g/mol. The summed E-state index contributed by atoms with van der Waals surface area (Å²) >= 11 is 8.18. The number of aliphatic carboxylic acids is 1. The molecule has 28 heavy (non-hydrogen) atoms. The van der Waals surface area contributed by atoms with E-state index in [1.165, 1.54) is 0 Å². The van der Waals surface area contributed by atoms with Crippen molar-refractivity contribution in [3.63, 3.8) is 0 Å². The molecule has 1 fully saturated rings. The second-order valence-electron chi connectivity index (χ2n) is 5.60. The van der Waals surface area contributed by atoms with Crippen LogP contribution in [-0.2, 0) is 9.59 Å². The first kappa shape index (κ1) is 20.5. The van der Waals surface area contributed by atoms with Crippen molar-refractivity contribution in [3.8, 4) is 5.75 Å². The minimum absolute atomic E-state index is 0.210. The first-order chi connectivity index (χ1) is 13.3. The molecule has 0 radical (unpaired) electrons. The number of hydrogen-bond acceptors (Lipinski definition) is 6. The number of amides is 1. The molecule has 0 saturated carbocycles. The Bertz CT molecular complexity index is 1000. The molecule has 0 bridgehead atoms. The van der Waals surface area contributed by atoms with Crippen LogP contribution in [0.25, 0.3) is 6.08 Å². The summed E-state index contributed by atoms with van der Waals surface area (Å²) in [4.78, 5) is 36.7. The lowest BCUT2D eigenvalue weighted by Gasteiger charge is -2.10. The van der Waals surface area contributed by atoms with Gasteiger partial charge in [0.25, 0.3) is 5.91 Å². The van der Waals surface area contributed by atoms with Gasteiger partial charge in [0.05, 0.1) is 10.5 Å². The predicted molar refractivity (Wildman–Crippen MR) is 118 cm³/mol. The maximum absolute atomic E-state index is 12.3. The zero-order valence-corrected chi connectivity index (χ0v) is 17.9. The normalized spacial score (nSPS) is 15.2. The fourth-order valence-corrected chi connectivity index (χ4v) is 4.21. The number of ether oxygens (including phenoxy) is 1. The SMILES string of the molecule is O=C(O)CN1C(=O)/C(=C/c2ccc(OC(=O)c3ccccc3I)cc2)SC1=S. The summed E-state index contributed by atoms with van der Waals surface area (Å²) in [6.07, 6.45) is 1.62. The molecule has 1 N–H and O–H groups in total. The lowest BCUT2D eigenvalue weighted by atomic mass is 10.2. The Morgan fingerprint density at radius 3 is 2.50 bits per heavy atom. The fourth-order valence-electron chi connectivity index (χ4n) is 2.34. The van der Waals surface area contributed by atoms with Crippen LogP contribution < -0.4 is 4.74 Å². The van der Waals surface area contributed by atoms with Crippen molar-refractivity contribution in [1.82, 2.24) is 4.90 Å². The number of thiocarbonyl (C=S) groups is 1. The fraction of sp³-hybridized carbons (Fsp3) is 0.0526. The molecular formula is C19H12INO5S2. The number of rotatable bonds is 5. The van der Waals surface area contributed by atoms with Crippen molar-refractivity contribution in [2.75, 3.05) is 6.54 Å². The molecule has 1 saturated heterocycles. The van der Waals surface area contributed by atoms with Crippen LogP contribution in [0.5, 0.6) is 5.75 Å². The van der Waals surface area contributed by atoms with E-state index in [9.17, 15) is 14.4 Å². The second kappa shape index (κ2) is 8.84. The molecule has 0 aliphatic carbocycles. The number of carboxylic acids is 1. The summed E-state index contributed by atoms with van der Waals surface area (Å²) in [5.41, 5.74) is 1.18. The van der Waals surface area contributed by atoms with Gasteiger partial charge < -0.3 is 9.84 Å². The molecule has 0 spiro atoms. The van der Waals surface area contributed by atoms with Crippen molar-refractivity contribution in [1.29, 1.82) is 0 Å². The molecule has 9 heteroatoms. The minimum atomic E-state index is -1.13. The van der Waals surface area contributed by atoms with Gasteiger partial charge in [-0.2, -0.15) is 0 Å². The van der Waals surface area contributed by atoms with Crippen LogP contribution in [0, 0.1) is 3.57 Å². The molecule has 1 heterocycles. The van der Waals surface area contributed by atoms with E-state index < -0.39 is 24.4 Å². The second-order valence-corrected chi connectivity index (χ2v) is 8.44. The predicted octanol–water partition coefficient (Wildman–Crippen LogP) is 3.80. The van der Waals surface area contributed by atoms with Gasteiger partial charge in [0.15, 0.2) is 0 Å². The number of thioether (sulfide) groups is 1. The third kappa shape index (κ3) is 4.78. The van der Waals surface area contributed by atoms with Gasteiger partial charge in [-0.15, -0.1) is 0 Å². The number of carbonyl (C=O) groups is 3. The number of carbonyl (C=O) groups excluding carboxylic acids is 2. The molecule has 1 aliphatic heterocycles. The topological polar surface area (TPSA) is 83.9 Å². The highest BCUT2D eigenvalue weighted by Crippen LogP contribution is 2.32. The van der Waals surface area contributed by atoms with Crippen molar-refractivity contribution in [3.05, 3.63) is 68.1 Å². The van der Waals surface area contributed by atoms with Crippen LogP contribution in [0.3, 0.4) is 0 Å². The summed E-state index contributed by atoms with van der Waals surface area (Å²) in [7, 11) is 0. The minimum Gasteiger partial charge on any atom is -0.480 e. The largest absolute Gasteiger partial charge is 0.480 e. The molecule has 1 aliphatic rings. The van der Waals surface area contributed by atoms with Crippen LogP contribution in [0.1, 0.15) is 15.9 Å². The Morgan fingerprint density at radius 1 is 1.18 bits per heavy atom. The molecular weight excluding hydrogens is 513 g/mol. The van der Waals surface area contributed by atoms with Crippen LogP contribution in [-0.4, -0.2) is 38.7 Å². The lowest BCUT2D eigenvalue weighted by molar-refractivity contribution is -0.140. The van der Waals surface area contributed by atoms with Crippen LogP contribution in [0.15, 0.2) is 53.4 Å². The van der Waals surface area contributed by atoms with Crippen LogP contribution >= 0.6 is 46.6 Å². The van der Waals surface area contributed by atoms with Gasteiger partial charge in [0.2, 0.25) is 0 Å². The van der Waals surface area contributed by atoms with Gasteiger partial charge in [0, 0.05) is 3.57 Å². The summed E-state index contributed by atoms with van der Waals surface area (Å²) in [6.45, 7) is -0.463. The highest BCUT2D eigenvalue weighted by Gasteiger charge is 2.33. The van der Waals surface area contributed by atoms with E-state index in [2.05, 4.69) is 22.6 Å². The monoisotopic (exact) mass is 525 g/mol. The Labute approximate surface area is 183 Å². The van der Waals surface area contributed by atoms with E-state index in [-0.39, 0.29) is 4.32 Å². The first-order valence-electron chi connectivity index (χ1n) is 7.89. The highest BCUT2D eigenvalue weighted by molar-refractivity contribution is 14.1. The number of benzene rings is 2. The standard InChI is InChI=1S/C19H12INO5S2/c20-14-4-2-1-3-13(14)18(25)26-12-7-5-11(6-8-12)9-15-17(24)21(10-16(22)23)19(27)28-15/h1-9H,10H2,(H,22,23)/b15-9-. The third-order valence-electron chi connectivity index (χ3n) is 3.65. The van der Waals surface area contributed by atoms with E-state index in [0.29, 0.717) is 21.8 Å². The van der Waals surface area contributed by atoms with Crippen molar-refractivity contribution >= 4 is 74.8 Å². The van der Waals surface area contributed by atoms with Crippen molar-refractivity contribution < 1.29 is 24.2 Å². The van der Waals surface area contributed by atoms with E-state index >= 15 is 0 Å². The van der Waals surface area contributed by atoms with Gasteiger partial charge >= 0.3 is 11.9 Å². The molecule has 1 amide bonds. The molecule has 0 atom stereocenters. The molecule has 142 valence electrons. The Morgan fingerprint density at radius 2 is 1.86 bits per heavy atom. The number of nitrogens with zero attached hydrogens (tertiary/aromatic N) is 1. The molecule has 2 aromatic carbocycles. The summed E-state index contributed by atoms with van der Waals surface area (Å²) < 4.78 is 6.38. The van der Waals surface area contributed by atoms with Gasteiger partial charge in [-0.05, 0) is 58.5 Å². The van der Waals surface area contributed by atoms with Crippen LogP contribution in [0.4, 0.5) is 0 Å². The van der Waals surface area contributed by atoms with E-state index in [0.717, 1.165) is 20.2 Å². The maximum Gasteiger partial charge on any atom is 0.344 e. The zero-order valence-electron chi connectivity index (χ0n) is 14.1. The number of halogens is 1. The average Bonchev–Trinajstić information content (AvgIpc) is 2.90. The van der Waals surface area contributed by atoms with Gasteiger partial charge in [-0.1, -0.05) is 48.2 Å². The lowest BCUT2D eigenvalue weighted by Crippen LogP contribution is -2.33. The van der Waals surface area contributed by atoms with Gasteiger partial charge in [-0.3, -0.25) is 14.5 Å². The van der Waals surface area contributed by atoms with Crippen molar-refractivity contribution in [2.45, 2.75) is 0 Å². The van der Waals surface area contributed by atoms with E-state index in [1.54, 1.807) is 42.5 Å². The molecule has 0 unspecified atom stereocenters. The summed E-state index contributed by atoms with van der Waals surface area (Å²) in [5, 5.41) is 8.86. The van der Waals surface area contributed by atoms with Crippen LogP contribution in [0.2, 0.25) is 0 Å². The highest BCUT2D eigenvalue weighted by atomic mass is 127. The molecule has 2 aromatic rings. The van der Waals surface area contributed by atoms with Gasteiger partial charge in [0.1, 0.15) is 16.6 Å². The number of carboxylic acid groups (broad SMARTS) is 1. The smallest absolute Gasteiger partial charge is 0.344 e. The Balaban J connectivity index is 1.71. The Kier molecular flexibility index (Phi) is 6.47. The van der Waals surface area contributed by atoms with Gasteiger partial charge in [-0.25, -0.2) is 4.79 Å². The van der Waals surface area contributed by atoms with Crippen molar-refractivity contribution in [2.24, 2.45) is 0 Å². The summed E-state index contributed by atoms with van der Waals surface area (Å²) in [6, 6.07) is 13.8. The van der Waals surface area contributed by atoms with E-state index in [1.807, 2.05) is 12.1 Å². The number of hydrogen-bond donors (Lipinski definition) is 1. The maximum atomic E-state index is 12.3. The quantitative estimate of drug-likeness (QED) is 0.209. The molecule has 0 aromatic heterocycles. The van der Waals surface area contributed by atoms with E-state index in [4.69, 9.17) is 22.1 Å². The Hall–Kier alpha value is -2.24. The first-order valence-corrected chi connectivity index (χ1v) is 10.2.